The maximum absolute atomic E-state index is 5.65. The predicted octanol–water partition coefficient (Wildman–Crippen LogP) is 13.0. The number of thiophene rings is 1. The van der Waals surface area contributed by atoms with Crippen LogP contribution in [0.15, 0.2) is 127 Å². The molecule has 10 rings (SSSR count). The lowest BCUT2D eigenvalue weighted by molar-refractivity contribution is 0.227. The minimum absolute atomic E-state index is 0.0344. The van der Waals surface area contributed by atoms with Crippen molar-refractivity contribution in [2.75, 3.05) is 4.90 Å². The second-order valence-corrected chi connectivity index (χ2v) is 17.1. The van der Waals surface area contributed by atoms with Crippen molar-refractivity contribution in [1.82, 2.24) is 9.97 Å². The third-order valence-electron chi connectivity index (χ3n) is 12.9. The number of aromatic nitrogens is 2. The van der Waals surface area contributed by atoms with Gasteiger partial charge in [-0.2, -0.15) is 0 Å². The number of rotatable bonds is 5. The smallest absolute Gasteiger partial charge is 0.108 e. The van der Waals surface area contributed by atoms with Crippen LogP contribution >= 0.6 is 11.3 Å². The van der Waals surface area contributed by atoms with Crippen molar-refractivity contribution in [2.24, 2.45) is 5.41 Å². The summed E-state index contributed by atoms with van der Waals surface area (Å²) in [6, 6.07) is 46.3. The lowest BCUT2D eigenvalue weighted by Gasteiger charge is -2.34. The van der Waals surface area contributed by atoms with Crippen LogP contribution in [0.5, 0.6) is 0 Å². The number of anilines is 3. The molecule has 1 fully saturated rings. The van der Waals surface area contributed by atoms with Gasteiger partial charge < -0.3 is 4.90 Å². The van der Waals surface area contributed by atoms with E-state index in [4.69, 9.17) is 9.97 Å². The summed E-state index contributed by atoms with van der Waals surface area (Å²) in [5, 5.41) is 0. The number of benzene rings is 5. The Hall–Kier alpha value is -5.06. The summed E-state index contributed by atoms with van der Waals surface area (Å²) in [4.78, 5) is 16.0. The molecule has 7 aromatic rings. The third-order valence-corrected chi connectivity index (χ3v) is 14.2. The minimum Gasteiger partial charge on any atom is -0.311 e. The van der Waals surface area contributed by atoms with E-state index in [0.29, 0.717) is 5.92 Å². The van der Waals surface area contributed by atoms with Gasteiger partial charge in [0.2, 0.25) is 0 Å². The van der Waals surface area contributed by atoms with Crippen molar-refractivity contribution in [3.05, 3.63) is 150 Å². The van der Waals surface area contributed by atoms with Crippen molar-refractivity contribution < 1.29 is 0 Å². The van der Waals surface area contributed by atoms with E-state index in [9.17, 15) is 0 Å². The topological polar surface area (TPSA) is 29.0 Å². The fraction of sp³-hybridized carbons (Fsp3) is 0.234. The molecule has 0 spiro atoms. The zero-order valence-corrected chi connectivity index (χ0v) is 30.7. The molecule has 2 unspecified atom stereocenters. The molecule has 5 aromatic carbocycles. The Bertz CT molecular complexity index is 2450. The first-order valence-electron chi connectivity index (χ1n) is 18.3. The normalized spacial score (nSPS) is 20.3. The van der Waals surface area contributed by atoms with Gasteiger partial charge in [-0.15, -0.1) is 11.3 Å². The highest BCUT2D eigenvalue weighted by atomic mass is 32.1. The van der Waals surface area contributed by atoms with Gasteiger partial charge in [0.1, 0.15) is 11.0 Å². The SMILES string of the molecule is CC1(C)c2ccccc2-c2ccc(-c3sc(-c4ccc(N(c5ccccc5)c5ccccc5)cc4)c4nc5c(nc34)C3CCC5(C)C3(C)C)cc21. The van der Waals surface area contributed by atoms with Crippen molar-refractivity contribution in [3.63, 3.8) is 0 Å². The molecule has 2 atom stereocenters. The number of hydrogen-bond donors (Lipinski definition) is 0. The quantitative estimate of drug-likeness (QED) is 0.181. The van der Waals surface area contributed by atoms with Crippen LogP contribution in [0.1, 0.15) is 75.9 Å². The molecule has 2 aromatic heterocycles. The van der Waals surface area contributed by atoms with Gasteiger partial charge in [0.25, 0.3) is 0 Å². The largest absolute Gasteiger partial charge is 0.311 e. The first-order chi connectivity index (χ1) is 24.7. The van der Waals surface area contributed by atoms with Crippen molar-refractivity contribution in [2.45, 2.75) is 64.2 Å². The molecular weight excluding hydrogens is 639 g/mol. The Labute approximate surface area is 304 Å². The van der Waals surface area contributed by atoms with Gasteiger partial charge in [0, 0.05) is 33.8 Å². The van der Waals surface area contributed by atoms with Crippen LogP contribution in [0.4, 0.5) is 17.1 Å². The Morgan fingerprint density at radius 1 is 0.588 bits per heavy atom. The first kappa shape index (κ1) is 30.7. The summed E-state index contributed by atoms with van der Waals surface area (Å²) in [7, 11) is 0. The van der Waals surface area contributed by atoms with E-state index >= 15 is 0 Å². The fourth-order valence-corrected chi connectivity index (χ4v) is 10.8. The molecule has 3 aliphatic rings. The van der Waals surface area contributed by atoms with Crippen LogP contribution in [0, 0.1) is 5.41 Å². The monoisotopic (exact) mass is 679 g/mol. The summed E-state index contributed by atoms with van der Waals surface area (Å²) >= 11 is 1.85. The van der Waals surface area contributed by atoms with E-state index in [-0.39, 0.29) is 16.2 Å². The van der Waals surface area contributed by atoms with E-state index in [1.807, 2.05) is 11.3 Å². The standard InChI is InChI=1S/C47H41N3S/c1-45(2)36-19-13-12-18-34(36)35-25-22-30(28-38(35)45)43-40-41(49-44-39(48-40)37-26-27-47(44,5)46(37,3)4)42(51-43)29-20-23-33(24-21-29)50(31-14-8-6-9-15-31)32-16-10-7-11-17-32/h6-25,28,37H,26-27H2,1-5H3. The molecule has 250 valence electrons. The average molecular weight is 680 g/mol. The third kappa shape index (κ3) is 4.23. The second-order valence-electron chi connectivity index (χ2n) is 16.0. The van der Waals surface area contributed by atoms with E-state index in [1.54, 1.807) is 0 Å². The predicted molar refractivity (Wildman–Crippen MR) is 214 cm³/mol. The Kier molecular flexibility index (Phi) is 6.46. The lowest BCUT2D eigenvalue weighted by Crippen LogP contribution is -2.31. The number of nitrogens with zero attached hydrogens (tertiary/aromatic N) is 3. The Balaban J connectivity index is 1.15. The van der Waals surface area contributed by atoms with Gasteiger partial charge in [-0.1, -0.05) is 120 Å². The molecule has 3 aliphatic carbocycles. The molecule has 0 aliphatic heterocycles. The molecule has 0 amide bonds. The molecule has 0 N–H and O–H groups in total. The van der Waals surface area contributed by atoms with Crippen molar-refractivity contribution >= 4 is 39.4 Å². The molecule has 2 heterocycles. The van der Waals surface area contributed by atoms with E-state index < -0.39 is 0 Å². The second kappa shape index (κ2) is 10.7. The van der Waals surface area contributed by atoms with Gasteiger partial charge in [0.15, 0.2) is 0 Å². The highest BCUT2D eigenvalue weighted by Crippen LogP contribution is 2.67. The van der Waals surface area contributed by atoms with Crippen LogP contribution in [0.25, 0.3) is 43.0 Å². The Morgan fingerprint density at radius 2 is 1.16 bits per heavy atom. The average Bonchev–Trinajstić information content (AvgIpc) is 3.77. The van der Waals surface area contributed by atoms with Crippen LogP contribution in [0.3, 0.4) is 0 Å². The lowest BCUT2D eigenvalue weighted by atomic mass is 9.70. The molecule has 51 heavy (non-hydrogen) atoms. The van der Waals surface area contributed by atoms with E-state index in [2.05, 4.69) is 167 Å². The summed E-state index contributed by atoms with van der Waals surface area (Å²) in [6.45, 7) is 12.0. The van der Waals surface area contributed by atoms with Crippen molar-refractivity contribution in [1.29, 1.82) is 0 Å². The summed E-state index contributed by atoms with van der Waals surface area (Å²) < 4.78 is 0. The molecule has 4 heteroatoms. The highest BCUT2D eigenvalue weighted by Gasteiger charge is 2.61. The van der Waals surface area contributed by atoms with Crippen molar-refractivity contribution in [3.8, 4) is 32.0 Å². The zero-order valence-electron chi connectivity index (χ0n) is 29.9. The maximum Gasteiger partial charge on any atom is 0.108 e. The molecule has 1 saturated carbocycles. The van der Waals surface area contributed by atoms with Crippen LogP contribution < -0.4 is 4.90 Å². The summed E-state index contributed by atoms with van der Waals surface area (Å²) in [5.74, 6) is 0.445. The summed E-state index contributed by atoms with van der Waals surface area (Å²) in [5.41, 5.74) is 15.9. The van der Waals surface area contributed by atoms with Gasteiger partial charge in [0.05, 0.1) is 21.1 Å². The van der Waals surface area contributed by atoms with E-state index in [1.165, 1.54) is 67.4 Å². The van der Waals surface area contributed by atoms with Crippen LogP contribution in [-0.2, 0) is 10.8 Å². The number of hydrogen-bond acceptors (Lipinski definition) is 4. The van der Waals surface area contributed by atoms with Gasteiger partial charge in [-0.3, -0.25) is 0 Å². The maximum atomic E-state index is 5.65. The number of fused-ring (bicyclic) bond motifs is 9. The molecule has 0 radical (unpaired) electrons. The first-order valence-corrected chi connectivity index (χ1v) is 19.1. The molecular formula is C47H41N3S. The number of para-hydroxylation sites is 2. The van der Waals surface area contributed by atoms with Crippen LogP contribution in [-0.4, -0.2) is 9.97 Å². The zero-order chi connectivity index (χ0) is 34.7. The fourth-order valence-electron chi connectivity index (χ4n) is 9.62. The van der Waals surface area contributed by atoms with Crippen LogP contribution in [0.2, 0.25) is 0 Å². The van der Waals surface area contributed by atoms with Gasteiger partial charge >= 0.3 is 0 Å². The summed E-state index contributed by atoms with van der Waals surface area (Å²) in [6.07, 6.45) is 2.36. The molecule has 3 nitrogen and oxygen atoms in total. The molecule has 0 saturated heterocycles. The van der Waals surface area contributed by atoms with Gasteiger partial charge in [-0.05, 0) is 94.1 Å². The minimum atomic E-state index is -0.0677. The highest BCUT2D eigenvalue weighted by molar-refractivity contribution is 7.20. The Morgan fingerprint density at radius 3 is 1.86 bits per heavy atom. The van der Waals surface area contributed by atoms with E-state index in [0.717, 1.165) is 28.1 Å². The van der Waals surface area contributed by atoms with Gasteiger partial charge in [-0.25, -0.2) is 9.97 Å². The molecule has 2 bridgehead atoms.